The molecule has 2 aliphatic rings. The molecule has 1 atom stereocenters. The Morgan fingerprint density at radius 3 is 2.70 bits per heavy atom. The fourth-order valence-corrected chi connectivity index (χ4v) is 1.46. The number of allylic oxidation sites excluding steroid dienone is 4. The Morgan fingerprint density at radius 1 is 1.40 bits per heavy atom. The van der Waals surface area contributed by atoms with Crippen LogP contribution in [0.4, 0.5) is 0 Å². The van der Waals surface area contributed by atoms with Crippen molar-refractivity contribution in [3.05, 3.63) is 23.8 Å². The van der Waals surface area contributed by atoms with E-state index in [4.69, 9.17) is 0 Å². The maximum Gasteiger partial charge on any atom is -0.0165 e. The minimum atomic E-state index is 0.780. The highest BCUT2D eigenvalue weighted by atomic mass is 14.3. The van der Waals surface area contributed by atoms with Crippen molar-refractivity contribution in [2.24, 2.45) is 11.8 Å². The fraction of sp³-hybridized carbons (Fsp3) is 0.600. The first kappa shape index (κ1) is 6.21. The molecule has 0 heterocycles. The van der Waals surface area contributed by atoms with Crippen molar-refractivity contribution in [1.82, 2.24) is 0 Å². The van der Waals surface area contributed by atoms with Crippen molar-refractivity contribution < 1.29 is 0 Å². The van der Waals surface area contributed by atoms with Crippen LogP contribution in [0.1, 0.15) is 26.2 Å². The van der Waals surface area contributed by atoms with Crippen molar-refractivity contribution in [3.63, 3.8) is 0 Å². The molecule has 0 aromatic carbocycles. The van der Waals surface area contributed by atoms with Gasteiger partial charge in [0.15, 0.2) is 0 Å². The van der Waals surface area contributed by atoms with Gasteiger partial charge < -0.3 is 0 Å². The van der Waals surface area contributed by atoms with E-state index in [0.29, 0.717) is 0 Å². The van der Waals surface area contributed by atoms with E-state index in [-0.39, 0.29) is 0 Å². The third-order valence-corrected chi connectivity index (χ3v) is 2.39. The Morgan fingerprint density at radius 2 is 2.20 bits per heavy atom. The molecule has 0 heteroatoms. The van der Waals surface area contributed by atoms with E-state index >= 15 is 0 Å². The highest BCUT2D eigenvalue weighted by Crippen LogP contribution is 2.38. The lowest BCUT2D eigenvalue weighted by Crippen LogP contribution is -1.94. The molecule has 0 amide bonds. The Balaban J connectivity index is 2.04. The van der Waals surface area contributed by atoms with Gasteiger partial charge >= 0.3 is 0 Å². The van der Waals surface area contributed by atoms with E-state index in [0.717, 1.165) is 11.8 Å². The average molecular weight is 134 g/mol. The molecular weight excluding hydrogens is 120 g/mol. The van der Waals surface area contributed by atoms with Gasteiger partial charge in [0.05, 0.1) is 0 Å². The summed E-state index contributed by atoms with van der Waals surface area (Å²) in [5, 5.41) is 0. The molecule has 1 unspecified atom stereocenters. The van der Waals surface area contributed by atoms with Crippen LogP contribution >= 0.6 is 0 Å². The van der Waals surface area contributed by atoms with E-state index in [2.05, 4.69) is 25.2 Å². The summed E-state index contributed by atoms with van der Waals surface area (Å²) in [5.74, 6) is 1.73. The summed E-state index contributed by atoms with van der Waals surface area (Å²) in [4.78, 5) is 0. The SMILES string of the molecule is CC1C=CC(C2CC2)=CC1. The lowest BCUT2D eigenvalue weighted by Gasteiger charge is -2.10. The topological polar surface area (TPSA) is 0 Å². The monoisotopic (exact) mass is 134 g/mol. The third-order valence-electron chi connectivity index (χ3n) is 2.39. The Labute approximate surface area is 62.6 Å². The number of hydrogen-bond acceptors (Lipinski definition) is 0. The Bertz CT molecular complexity index is 182. The van der Waals surface area contributed by atoms with Crippen LogP contribution in [0.15, 0.2) is 23.8 Å². The molecular formula is C10H14. The van der Waals surface area contributed by atoms with Crippen LogP contribution in [0.25, 0.3) is 0 Å². The first-order valence-electron chi connectivity index (χ1n) is 4.24. The van der Waals surface area contributed by atoms with Gasteiger partial charge in [-0.2, -0.15) is 0 Å². The molecule has 10 heavy (non-hydrogen) atoms. The minimum Gasteiger partial charge on any atom is -0.0811 e. The molecule has 54 valence electrons. The van der Waals surface area contributed by atoms with Gasteiger partial charge in [-0.05, 0) is 36.7 Å². The van der Waals surface area contributed by atoms with Crippen LogP contribution in [-0.4, -0.2) is 0 Å². The molecule has 0 spiro atoms. The van der Waals surface area contributed by atoms with Crippen LogP contribution in [0.2, 0.25) is 0 Å². The zero-order valence-corrected chi connectivity index (χ0v) is 6.51. The van der Waals surface area contributed by atoms with E-state index in [1.54, 1.807) is 5.57 Å². The fourth-order valence-electron chi connectivity index (χ4n) is 1.46. The summed E-state index contributed by atoms with van der Waals surface area (Å²) >= 11 is 0. The van der Waals surface area contributed by atoms with E-state index in [1.807, 2.05) is 0 Å². The molecule has 2 rings (SSSR count). The normalized spacial score (nSPS) is 32.1. The lowest BCUT2D eigenvalue weighted by molar-refractivity contribution is 0.723. The van der Waals surface area contributed by atoms with Gasteiger partial charge in [0, 0.05) is 0 Å². The highest BCUT2D eigenvalue weighted by molar-refractivity contribution is 5.28. The van der Waals surface area contributed by atoms with Crippen LogP contribution in [0.5, 0.6) is 0 Å². The summed E-state index contributed by atoms with van der Waals surface area (Å²) in [5.41, 5.74) is 1.61. The molecule has 0 radical (unpaired) electrons. The van der Waals surface area contributed by atoms with E-state index in [9.17, 15) is 0 Å². The summed E-state index contributed by atoms with van der Waals surface area (Å²) < 4.78 is 0. The highest BCUT2D eigenvalue weighted by Gasteiger charge is 2.24. The summed E-state index contributed by atoms with van der Waals surface area (Å²) in [6.07, 6.45) is 11.2. The van der Waals surface area contributed by atoms with Gasteiger partial charge in [-0.15, -0.1) is 0 Å². The molecule has 0 aromatic heterocycles. The van der Waals surface area contributed by atoms with Crippen LogP contribution in [-0.2, 0) is 0 Å². The van der Waals surface area contributed by atoms with Crippen molar-refractivity contribution >= 4 is 0 Å². The standard InChI is InChI=1S/C10H14/c1-8-2-4-9(5-3-8)10-6-7-10/h2,4-5,8,10H,3,6-7H2,1H3. The molecule has 0 N–H and O–H groups in total. The summed E-state index contributed by atoms with van der Waals surface area (Å²) in [6.45, 7) is 2.27. The van der Waals surface area contributed by atoms with Gasteiger partial charge in [0.25, 0.3) is 0 Å². The van der Waals surface area contributed by atoms with Gasteiger partial charge in [0.1, 0.15) is 0 Å². The quantitative estimate of drug-likeness (QED) is 0.517. The van der Waals surface area contributed by atoms with Gasteiger partial charge in [-0.3, -0.25) is 0 Å². The second-order valence-electron chi connectivity index (χ2n) is 3.55. The molecule has 0 aromatic rings. The van der Waals surface area contributed by atoms with Crippen LogP contribution < -0.4 is 0 Å². The van der Waals surface area contributed by atoms with Crippen LogP contribution in [0.3, 0.4) is 0 Å². The van der Waals surface area contributed by atoms with Gasteiger partial charge in [0.2, 0.25) is 0 Å². The molecule has 1 fully saturated rings. The first-order valence-corrected chi connectivity index (χ1v) is 4.24. The smallest absolute Gasteiger partial charge is 0.0165 e. The maximum atomic E-state index is 2.42. The average Bonchev–Trinajstić information content (AvgIpc) is 2.71. The lowest BCUT2D eigenvalue weighted by atomic mass is 9.96. The molecule has 0 nitrogen and oxygen atoms in total. The van der Waals surface area contributed by atoms with Crippen LogP contribution in [0, 0.1) is 11.8 Å². The van der Waals surface area contributed by atoms with Crippen molar-refractivity contribution in [3.8, 4) is 0 Å². The maximum absolute atomic E-state index is 2.42. The van der Waals surface area contributed by atoms with E-state index < -0.39 is 0 Å². The zero-order valence-electron chi connectivity index (χ0n) is 6.51. The second kappa shape index (κ2) is 2.26. The van der Waals surface area contributed by atoms with Crippen molar-refractivity contribution in [2.75, 3.05) is 0 Å². The van der Waals surface area contributed by atoms with Crippen molar-refractivity contribution in [1.29, 1.82) is 0 Å². The predicted octanol–water partition coefficient (Wildman–Crippen LogP) is 2.92. The Kier molecular flexibility index (Phi) is 1.40. The molecule has 0 saturated heterocycles. The largest absolute Gasteiger partial charge is 0.0811 e. The number of rotatable bonds is 1. The van der Waals surface area contributed by atoms with Gasteiger partial charge in [-0.25, -0.2) is 0 Å². The Hall–Kier alpha value is -0.520. The van der Waals surface area contributed by atoms with Gasteiger partial charge in [-0.1, -0.05) is 25.2 Å². The summed E-state index contributed by atoms with van der Waals surface area (Å²) in [7, 11) is 0. The third kappa shape index (κ3) is 1.16. The molecule has 0 bridgehead atoms. The predicted molar refractivity (Wildman–Crippen MR) is 43.7 cm³/mol. The second-order valence-corrected chi connectivity index (χ2v) is 3.55. The molecule has 1 saturated carbocycles. The minimum absolute atomic E-state index is 0.780. The summed E-state index contributed by atoms with van der Waals surface area (Å²) in [6, 6.07) is 0. The van der Waals surface area contributed by atoms with E-state index in [1.165, 1.54) is 19.3 Å². The molecule has 2 aliphatic carbocycles. The zero-order chi connectivity index (χ0) is 6.97. The molecule has 0 aliphatic heterocycles. The number of hydrogen-bond donors (Lipinski definition) is 0. The first-order chi connectivity index (χ1) is 4.86. The van der Waals surface area contributed by atoms with Crippen molar-refractivity contribution in [2.45, 2.75) is 26.2 Å².